The maximum atomic E-state index is 11.9. The Labute approximate surface area is 112 Å². The van der Waals surface area contributed by atoms with E-state index in [0.717, 1.165) is 17.4 Å². The molecular weight excluding hydrogens is 331 g/mol. The predicted molar refractivity (Wildman–Crippen MR) is 74.2 cm³/mol. The molecule has 0 spiro atoms. The summed E-state index contributed by atoms with van der Waals surface area (Å²) in [6.07, 6.45) is 0.724. The van der Waals surface area contributed by atoms with Crippen LogP contribution in [0.3, 0.4) is 0 Å². The van der Waals surface area contributed by atoms with E-state index in [-0.39, 0.29) is 5.63 Å². The average Bonchev–Trinajstić information content (AvgIpc) is 2.30. The molecule has 0 saturated heterocycles. The number of halogens is 1. The standard InChI is InChI=1S/C13H11IO3/c1-7-2-3-11-9(4-7)12-10(13(15)17-11)5-8(14)6-16-12/h2-4,8H,5-6H2,1H3. The summed E-state index contributed by atoms with van der Waals surface area (Å²) in [6, 6.07) is 5.76. The second kappa shape index (κ2) is 4.01. The molecule has 0 aliphatic carbocycles. The summed E-state index contributed by atoms with van der Waals surface area (Å²) in [5.41, 5.74) is 2.14. The van der Waals surface area contributed by atoms with Crippen LogP contribution in [0.2, 0.25) is 0 Å². The van der Waals surface area contributed by atoms with E-state index in [4.69, 9.17) is 9.15 Å². The fourth-order valence-corrected chi connectivity index (χ4v) is 2.74. The molecule has 1 aliphatic heterocycles. The molecule has 1 aliphatic rings. The molecule has 3 rings (SSSR count). The van der Waals surface area contributed by atoms with E-state index in [2.05, 4.69) is 22.6 Å². The second-order valence-electron chi connectivity index (χ2n) is 4.31. The lowest BCUT2D eigenvalue weighted by Crippen LogP contribution is -2.25. The molecule has 0 N–H and O–H groups in total. The van der Waals surface area contributed by atoms with E-state index in [1.54, 1.807) is 0 Å². The van der Waals surface area contributed by atoms with Gasteiger partial charge < -0.3 is 9.15 Å². The molecule has 1 atom stereocenters. The van der Waals surface area contributed by atoms with Crippen LogP contribution in [0, 0.1) is 6.92 Å². The van der Waals surface area contributed by atoms with Crippen molar-refractivity contribution in [1.82, 2.24) is 0 Å². The molecule has 1 aromatic heterocycles. The molecule has 2 heterocycles. The van der Waals surface area contributed by atoms with Gasteiger partial charge in [0.05, 0.1) is 10.9 Å². The Bertz CT molecular complexity index is 645. The van der Waals surface area contributed by atoms with Gasteiger partial charge in [-0.2, -0.15) is 0 Å². The summed E-state index contributed by atoms with van der Waals surface area (Å²) >= 11 is 2.30. The van der Waals surface area contributed by atoms with Crippen molar-refractivity contribution < 1.29 is 9.15 Å². The van der Waals surface area contributed by atoms with Crippen LogP contribution in [0.15, 0.2) is 27.4 Å². The average molecular weight is 342 g/mol. The molecule has 2 aromatic rings. The second-order valence-corrected chi connectivity index (χ2v) is 6.07. The number of hydrogen-bond donors (Lipinski definition) is 0. The molecule has 1 unspecified atom stereocenters. The number of benzene rings is 1. The van der Waals surface area contributed by atoms with Crippen molar-refractivity contribution in [3.63, 3.8) is 0 Å². The molecule has 0 bridgehead atoms. The Morgan fingerprint density at radius 2 is 2.24 bits per heavy atom. The Kier molecular flexibility index (Phi) is 2.61. The van der Waals surface area contributed by atoms with Crippen LogP contribution < -0.4 is 10.4 Å². The fraction of sp³-hybridized carbons (Fsp3) is 0.308. The highest BCUT2D eigenvalue weighted by atomic mass is 127. The van der Waals surface area contributed by atoms with E-state index in [1.165, 1.54) is 0 Å². The minimum absolute atomic E-state index is 0.266. The number of alkyl halides is 1. The van der Waals surface area contributed by atoms with Crippen molar-refractivity contribution in [3.8, 4) is 5.75 Å². The molecule has 4 heteroatoms. The summed E-state index contributed by atoms with van der Waals surface area (Å²) in [4.78, 5) is 11.9. The Morgan fingerprint density at radius 1 is 1.41 bits per heavy atom. The van der Waals surface area contributed by atoms with Gasteiger partial charge in [0.25, 0.3) is 0 Å². The zero-order chi connectivity index (χ0) is 12.0. The highest BCUT2D eigenvalue weighted by molar-refractivity contribution is 14.1. The van der Waals surface area contributed by atoms with E-state index in [1.807, 2.05) is 25.1 Å². The van der Waals surface area contributed by atoms with Gasteiger partial charge in [-0.05, 0) is 25.5 Å². The molecule has 0 fully saturated rings. The third-order valence-electron chi connectivity index (χ3n) is 2.94. The largest absolute Gasteiger partial charge is 0.491 e. The number of fused-ring (bicyclic) bond motifs is 3. The first kappa shape index (κ1) is 11.1. The highest BCUT2D eigenvalue weighted by Crippen LogP contribution is 2.33. The fourth-order valence-electron chi connectivity index (χ4n) is 2.12. The lowest BCUT2D eigenvalue weighted by atomic mass is 10.0. The third kappa shape index (κ3) is 1.84. The van der Waals surface area contributed by atoms with Crippen LogP contribution >= 0.6 is 22.6 Å². The molecule has 0 amide bonds. The van der Waals surface area contributed by atoms with Crippen LogP contribution in [0.5, 0.6) is 5.75 Å². The number of rotatable bonds is 0. The van der Waals surface area contributed by atoms with Gasteiger partial charge in [0.2, 0.25) is 0 Å². The first-order valence-electron chi connectivity index (χ1n) is 5.48. The monoisotopic (exact) mass is 342 g/mol. The molecule has 17 heavy (non-hydrogen) atoms. The van der Waals surface area contributed by atoms with Gasteiger partial charge in [-0.1, -0.05) is 34.2 Å². The molecule has 0 saturated carbocycles. The maximum absolute atomic E-state index is 11.9. The number of aryl methyl sites for hydroxylation is 1. The summed E-state index contributed by atoms with van der Waals surface area (Å²) in [6.45, 7) is 2.67. The topological polar surface area (TPSA) is 39.4 Å². The van der Waals surface area contributed by atoms with Gasteiger partial charge in [-0.15, -0.1) is 0 Å². The van der Waals surface area contributed by atoms with Crippen LogP contribution in [0.4, 0.5) is 0 Å². The van der Waals surface area contributed by atoms with Gasteiger partial charge in [0.15, 0.2) is 0 Å². The van der Waals surface area contributed by atoms with Crippen molar-refractivity contribution in [2.24, 2.45) is 0 Å². The minimum atomic E-state index is -0.266. The maximum Gasteiger partial charge on any atom is 0.343 e. The molecule has 0 radical (unpaired) electrons. The number of hydrogen-bond acceptors (Lipinski definition) is 3. The third-order valence-corrected chi connectivity index (χ3v) is 3.74. The van der Waals surface area contributed by atoms with Crippen LogP contribution in [-0.2, 0) is 6.42 Å². The zero-order valence-electron chi connectivity index (χ0n) is 9.33. The highest BCUT2D eigenvalue weighted by Gasteiger charge is 2.24. The summed E-state index contributed by atoms with van der Waals surface area (Å²) in [7, 11) is 0. The molecule has 3 nitrogen and oxygen atoms in total. The Balaban J connectivity index is 2.36. The van der Waals surface area contributed by atoms with Crippen molar-refractivity contribution in [1.29, 1.82) is 0 Å². The van der Waals surface area contributed by atoms with Crippen molar-refractivity contribution in [2.75, 3.05) is 6.61 Å². The van der Waals surface area contributed by atoms with Gasteiger partial charge in [-0.3, -0.25) is 0 Å². The first-order chi connectivity index (χ1) is 8.15. The molecule has 1 aromatic carbocycles. The van der Waals surface area contributed by atoms with E-state index in [9.17, 15) is 4.79 Å². The van der Waals surface area contributed by atoms with E-state index < -0.39 is 0 Å². The lowest BCUT2D eigenvalue weighted by molar-refractivity contribution is 0.297. The first-order valence-corrected chi connectivity index (χ1v) is 6.73. The van der Waals surface area contributed by atoms with Gasteiger partial charge in [0.1, 0.15) is 17.9 Å². The van der Waals surface area contributed by atoms with Crippen molar-refractivity contribution >= 4 is 33.6 Å². The molecular formula is C13H11IO3. The smallest absolute Gasteiger partial charge is 0.343 e. The summed E-state index contributed by atoms with van der Waals surface area (Å²) in [5.74, 6) is 0.716. The Morgan fingerprint density at radius 3 is 3.06 bits per heavy atom. The minimum Gasteiger partial charge on any atom is -0.491 e. The summed E-state index contributed by atoms with van der Waals surface area (Å²) < 4.78 is 11.4. The van der Waals surface area contributed by atoms with Crippen LogP contribution in [-0.4, -0.2) is 10.5 Å². The summed E-state index contributed by atoms with van der Waals surface area (Å²) in [5, 5.41) is 0.905. The lowest BCUT2D eigenvalue weighted by Gasteiger charge is -2.21. The zero-order valence-corrected chi connectivity index (χ0v) is 11.5. The Hall–Kier alpha value is -1.04. The van der Waals surface area contributed by atoms with E-state index in [0.29, 0.717) is 27.4 Å². The van der Waals surface area contributed by atoms with Crippen LogP contribution in [0.1, 0.15) is 11.1 Å². The normalized spacial score (nSPS) is 18.8. The quantitative estimate of drug-likeness (QED) is 0.420. The SMILES string of the molecule is Cc1ccc2oc(=O)c3c(c2c1)OCC(I)C3. The van der Waals surface area contributed by atoms with E-state index >= 15 is 0 Å². The predicted octanol–water partition coefficient (Wildman–Crippen LogP) is 2.84. The van der Waals surface area contributed by atoms with Gasteiger partial charge in [0, 0.05) is 3.92 Å². The van der Waals surface area contributed by atoms with Crippen LogP contribution in [0.25, 0.3) is 11.0 Å². The van der Waals surface area contributed by atoms with Crippen molar-refractivity contribution in [2.45, 2.75) is 17.3 Å². The van der Waals surface area contributed by atoms with Gasteiger partial charge in [-0.25, -0.2) is 4.79 Å². The van der Waals surface area contributed by atoms with Crippen molar-refractivity contribution in [3.05, 3.63) is 39.7 Å². The number of ether oxygens (including phenoxy) is 1. The molecule has 88 valence electrons. The van der Waals surface area contributed by atoms with Gasteiger partial charge >= 0.3 is 5.63 Å².